The number of carbonyl (C=O) groups excluding carboxylic acids is 1. The van der Waals surface area contributed by atoms with Crippen molar-refractivity contribution in [2.24, 2.45) is 17.3 Å². The van der Waals surface area contributed by atoms with Crippen LogP contribution in [-0.4, -0.2) is 56.2 Å². The number of para-hydroxylation sites is 1. The standard InChI is InChI=1S/C24H30BrN5O/c25-24-12-16-9-17(13-24)11-23(10-16,15-24)22(31)30-7-5-29(6-8-30)14-20-27-19-4-2-1-3-18(19)21(26)28-20/h1-4,16-17H,5-15H2,(H2,26,27,28). The van der Waals surface area contributed by atoms with E-state index in [0.717, 1.165) is 74.0 Å². The Bertz CT molecular complexity index is 1020. The molecule has 1 aromatic heterocycles. The molecule has 1 amide bonds. The zero-order chi connectivity index (χ0) is 21.2. The molecule has 2 N–H and O–H groups in total. The molecule has 0 spiro atoms. The van der Waals surface area contributed by atoms with E-state index >= 15 is 0 Å². The summed E-state index contributed by atoms with van der Waals surface area (Å²) < 4.78 is 0.224. The van der Waals surface area contributed by atoms with Gasteiger partial charge in [0.1, 0.15) is 11.6 Å². The van der Waals surface area contributed by atoms with Crippen molar-refractivity contribution < 1.29 is 4.79 Å². The maximum Gasteiger partial charge on any atom is 0.228 e. The highest BCUT2D eigenvalue weighted by molar-refractivity contribution is 9.10. The van der Waals surface area contributed by atoms with Gasteiger partial charge in [-0.1, -0.05) is 28.1 Å². The molecule has 5 aliphatic rings. The average molecular weight is 484 g/mol. The van der Waals surface area contributed by atoms with Crippen LogP contribution in [0.25, 0.3) is 10.9 Å². The highest BCUT2D eigenvalue weighted by atomic mass is 79.9. The largest absolute Gasteiger partial charge is 0.383 e. The van der Waals surface area contributed by atoms with E-state index in [1.54, 1.807) is 0 Å². The second-order valence-corrected chi connectivity index (χ2v) is 12.2. The Balaban J connectivity index is 1.12. The lowest BCUT2D eigenvalue weighted by Crippen LogP contribution is -2.61. The van der Waals surface area contributed by atoms with Gasteiger partial charge in [-0.25, -0.2) is 9.97 Å². The smallest absolute Gasteiger partial charge is 0.228 e. The lowest BCUT2D eigenvalue weighted by molar-refractivity contribution is -0.157. The molecule has 0 radical (unpaired) electrons. The third kappa shape index (κ3) is 3.44. The fraction of sp³-hybridized carbons (Fsp3) is 0.625. The van der Waals surface area contributed by atoms with E-state index in [0.29, 0.717) is 18.3 Å². The van der Waals surface area contributed by atoms with E-state index < -0.39 is 0 Å². The monoisotopic (exact) mass is 483 g/mol. The number of rotatable bonds is 3. The quantitative estimate of drug-likeness (QED) is 0.675. The number of nitrogen functional groups attached to an aromatic ring is 1. The maximum atomic E-state index is 13.7. The number of alkyl halides is 1. The van der Waals surface area contributed by atoms with Crippen molar-refractivity contribution in [2.45, 2.75) is 49.4 Å². The van der Waals surface area contributed by atoms with Crippen LogP contribution in [0, 0.1) is 17.3 Å². The minimum Gasteiger partial charge on any atom is -0.383 e. The van der Waals surface area contributed by atoms with Gasteiger partial charge in [-0.15, -0.1) is 0 Å². The minimum atomic E-state index is -0.105. The van der Waals surface area contributed by atoms with E-state index in [1.807, 2.05) is 24.3 Å². The number of benzene rings is 1. The molecule has 31 heavy (non-hydrogen) atoms. The van der Waals surface area contributed by atoms with Crippen LogP contribution in [0.4, 0.5) is 5.82 Å². The van der Waals surface area contributed by atoms with E-state index in [9.17, 15) is 4.79 Å². The number of hydrogen-bond acceptors (Lipinski definition) is 5. The Morgan fingerprint density at radius 2 is 1.77 bits per heavy atom. The van der Waals surface area contributed by atoms with E-state index in [1.165, 1.54) is 19.3 Å². The summed E-state index contributed by atoms with van der Waals surface area (Å²) in [7, 11) is 0. The van der Waals surface area contributed by atoms with Crippen molar-refractivity contribution in [2.75, 3.05) is 31.9 Å². The first-order chi connectivity index (χ1) is 14.9. The Morgan fingerprint density at radius 3 is 2.48 bits per heavy atom. The molecule has 1 aliphatic heterocycles. The SMILES string of the molecule is Nc1nc(CN2CCN(C(=O)C34CC5CC(CC(Br)(C5)C3)C4)CC2)nc2ccccc12. The number of anilines is 1. The van der Waals surface area contributed by atoms with Gasteiger partial charge in [0.05, 0.1) is 17.5 Å². The van der Waals surface area contributed by atoms with Gasteiger partial charge in [0.15, 0.2) is 0 Å². The van der Waals surface area contributed by atoms with Gasteiger partial charge in [-0.05, 0) is 62.5 Å². The Labute approximate surface area is 191 Å². The first-order valence-corrected chi connectivity index (χ1v) is 12.4. The highest BCUT2D eigenvalue weighted by Gasteiger charge is 2.60. The Kier molecular flexibility index (Phi) is 4.59. The van der Waals surface area contributed by atoms with Gasteiger partial charge >= 0.3 is 0 Å². The zero-order valence-electron chi connectivity index (χ0n) is 17.9. The molecule has 2 atom stereocenters. The predicted octanol–water partition coefficient (Wildman–Crippen LogP) is 3.59. The number of piperazine rings is 1. The van der Waals surface area contributed by atoms with Crippen molar-refractivity contribution >= 4 is 38.6 Å². The number of fused-ring (bicyclic) bond motifs is 1. The van der Waals surface area contributed by atoms with Gasteiger partial charge in [-0.2, -0.15) is 0 Å². The summed E-state index contributed by atoms with van der Waals surface area (Å²) in [5.74, 6) is 3.21. The molecule has 4 aliphatic carbocycles. The number of aromatic nitrogens is 2. The van der Waals surface area contributed by atoms with Crippen LogP contribution in [0.3, 0.4) is 0 Å². The van der Waals surface area contributed by atoms with Crippen LogP contribution >= 0.6 is 15.9 Å². The summed E-state index contributed by atoms with van der Waals surface area (Å²) >= 11 is 4.05. The molecule has 5 fully saturated rings. The molecule has 7 heteroatoms. The van der Waals surface area contributed by atoms with Gasteiger partial charge in [0.2, 0.25) is 5.91 Å². The van der Waals surface area contributed by atoms with Crippen molar-refractivity contribution in [3.63, 3.8) is 0 Å². The molecule has 7 rings (SSSR count). The van der Waals surface area contributed by atoms with Gasteiger partial charge in [0.25, 0.3) is 0 Å². The summed E-state index contributed by atoms with van der Waals surface area (Å²) in [6.07, 6.45) is 7.13. The topological polar surface area (TPSA) is 75.3 Å². The molecule has 164 valence electrons. The molecule has 2 unspecified atom stereocenters. The average Bonchev–Trinajstić information content (AvgIpc) is 2.72. The Morgan fingerprint density at radius 1 is 1.06 bits per heavy atom. The molecular formula is C24H30BrN5O. The highest BCUT2D eigenvalue weighted by Crippen LogP contribution is 2.64. The molecule has 4 saturated carbocycles. The summed E-state index contributed by atoms with van der Waals surface area (Å²) in [6, 6.07) is 7.87. The molecule has 2 heterocycles. The predicted molar refractivity (Wildman–Crippen MR) is 125 cm³/mol. The van der Waals surface area contributed by atoms with Crippen molar-refractivity contribution in [1.82, 2.24) is 19.8 Å². The number of nitrogens with two attached hydrogens (primary N) is 1. The lowest BCUT2D eigenvalue weighted by atomic mass is 9.49. The number of hydrogen-bond donors (Lipinski definition) is 1. The van der Waals surface area contributed by atoms with Crippen LogP contribution < -0.4 is 5.73 Å². The normalized spacial score (nSPS) is 35.1. The summed E-state index contributed by atoms with van der Waals surface area (Å²) in [4.78, 5) is 27.4. The van der Waals surface area contributed by atoms with Crippen molar-refractivity contribution in [3.05, 3.63) is 30.1 Å². The number of halogens is 1. The number of carbonyl (C=O) groups is 1. The van der Waals surface area contributed by atoms with Crippen LogP contribution in [0.5, 0.6) is 0 Å². The second kappa shape index (κ2) is 7.14. The fourth-order valence-electron chi connectivity index (χ4n) is 7.27. The van der Waals surface area contributed by atoms with E-state index in [-0.39, 0.29) is 9.74 Å². The first kappa shape index (κ1) is 19.9. The summed E-state index contributed by atoms with van der Waals surface area (Å²) in [5.41, 5.74) is 6.94. The number of nitrogens with zero attached hydrogens (tertiary/aromatic N) is 4. The third-order valence-corrected chi connectivity index (χ3v) is 9.07. The molecular weight excluding hydrogens is 454 g/mol. The Hall–Kier alpha value is -1.73. The lowest BCUT2D eigenvalue weighted by Gasteiger charge is -2.60. The third-order valence-electron chi connectivity index (χ3n) is 8.15. The molecule has 6 nitrogen and oxygen atoms in total. The van der Waals surface area contributed by atoms with Gasteiger partial charge in [0, 0.05) is 35.9 Å². The molecule has 1 saturated heterocycles. The van der Waals surface area contributed by atoms with Gasteiger partial charge in [-0.3, -0.25) is 9.69 Å². The van der Waals surface area contributed by atoms with Crippen LogP contribution in [0.15, 0.2) is 24.3 Å². The van der Waals surface area contributed by atoms with E-state index in [4.69, 9.17) is 10.7 Å². The van der Waals surface area contributed by atoms with E-state index in [2.05, 4.69) is 30.7 Å². The van der Waals surface area contributed by atoms with Crippen molar-refractivity contribution in [1.29, 1.82) is 0 Å². The first-order valence-electron chi connectivity index (χ1n) is 11.6. The van der Waals surface area contributed by atoms with Crippen molar-refractivity contribution in [3.8, 4) is 0 Å². The maximum absolute atomic E-state index is 13.7. The summed E-state index contributed by atoms with van der Waals surface area (Å²) in [6.45, 7) is 4.01. The molecule has 2 aromatic rings. The van der Waals surface area contributed by atoms with Crippen LogP contribution in [-0.2, 0) is 11.3 Å². The van der Waals surface area contributed by atoms with Crippen LogP contribution in [0.1, 0.15) is 44.3 Å². The van der Waals surface area contributed by atoms with Gasteiger partial charge < -0.3 is 10.6 Å². The summed E-state index contributed by atoms with van der Waals surface area (Å²) in [5, 5.41) is 0.904. The van der Waals surface area contributed by atoms with Crippen LogP contribution in [0.2, 0.25) is 0 Å². The second-order valence-electron chi connectivity index (χ2n) is 10.5. The minimum absolute atomic E-state index is 0.105. The number of amides is 1. The molecule has 4 bridgehead atoms. The fourth-order valence-corrected chi connectivity index (χ4v) is 8.72. The molecule has 1 aromatic carbocycles. The zero-order valence-corrected chi connectivity index (χ0v) is 19.5.